The molecule has 31 heavy (non-hydrogen) atoms. The summed E-state index contributed by atoms with van der Waals surface area (Å²) in [5.41, 5.74) is 1.97. The van der Waals surface area contributed by atoms with Crippen LogP contribution < -0.4 is 0 Å². The van der Waals surface area contributed by atoms with Crippen molar-refractivity contribution in [3.63, 3.8) is 0 Å². The van der Waals surface area contributed by atoms with Gasteiger partial charge in [-0.3, -0.25) is 0 Å². The van der Waals surface area contributed by atoms with E-state index in [0.29, 0.717) is 33.0 Å². The van der Waals surface area contributed by atoms with Crippen molar-refractivity contribution in [1.82, 2.24) is 0 Å². The van der Waals surface area contributed by atoms with Gasteiger partial charge in [-0.1, -0.05) is 48.0 Å². The van der Waals surface area contributed by atoms with Crippen molar-refractivity contribution < 1.29 is 5.11 Å². The third-order valence-corrected chi connectivity index (χ3v) is 13.6. The number of hydrogen-bond acceptors (Lipinski definition) is 1. The second kappa shape index (κ2) is 6.55. The van der Waals surface area contributed by atoms with Crippen LogP contribution in [0.25, 0.3) is 0 Å². The molecular weight excluding hydrogens is 376 g/mol. The normalized spacial score (nSPS) is 56.2. The Labute approximate surface area is 193 Å². The van der Waals surface area contributed by atoms with Gasteiger partial charge in [0.05, 0.1) is 5.60 Å². The average Bonchev–Trinajstić information content (AvgIpc) is 2.99. The number of fused-ring (bicyclic) bond motifs is 7. The van der Waals surface area contributed by atoms with Crippen LogP contribution in [-0.4, -0.2) is 10.7 Å². The molecule has 0 radical (unpaired) electrons. The monoisotopic (exact) mass is 428 g/mol. The molecule has 0 spiro atoms. The van der Waals surface area contributed by atoms with Gasteiger partial charge in [0.15, 0.2) is 0 Å². The summed E-state index contributed by atoms with van der Waals surface area (Å²) in [4.78, 5) is 0. The highest BCUT2D eigenvalue weighted by Crippen LogP contribution is 2.78. The van der Waals surface area contributed by atoms with Crippen molar-refractivity contribution in [1.29, 1.82) is 0 Å². The van der Waals surface area contributed by atoms with E-state index in [1.165, 1.54) is 70.6 Å². The van der Waals surface area contributed by atoms with E-state index in [9.17, 15) is 5.11 Å². The number of rotatable bonds is 1. The zero-order chi connectivity index (χ0) is 22.7. The van der Waals surface area contributed by atoms with Gasteiger partial charge >= 0.3 is 0 Å². The Hall–Kier alpha value is -0.0400. The molecule has 5 saturated carbocycles. The van der Waals surface area contributed by atoms with Crippen LogP contribution in [-0.2, 0) is 0 Å². The molecule has 178 valence electrons. The van der Waals surface area contributed by atoms with Gasteiger partial charge in [-0.25, -0.2) is 0 Å². The van der Waals surface area contributed by atoms with Crippen LogP contribution in [0.5, 0.6) is 0 Å². The Bertz CT molecular complexity index is 731. The average molecular weight is 429 g/mol. The summed E-state index contributed by atoms with van der Waals surface area (Å²) in [6.07, 6.45) is 15.5. The van der Waals surface area contributed by atoms with Gasteiger partial charge < -0.3 is 5.11 Å². The van der Waals surface area contributed by atoms with Crippen LogP contribution in [0.2, 0.25) is 0 Å². The van der Waals surface area contributed by atoms with Crippen molar-refractivity contribution >= 4 is 0 Å². The summed E-state index contributed by atoms with van der Waals surface area (Å²) in [6.45, 7) is 20.3. The summed E-state index contributed by atoms with van der Waals surface area (Å²) >= 11 is 0. The second-order valence-electron chi connectivity index (χ2n) is 15.4. The summed E-state index contributed by atoms with van der Waals surface area (Å²) < 4.78 is 0. The first-order valence-electron chi connectivity index (χ1n) is 13.9. The molecule has 9 atom stereocenters. The molecule has 1 N–H and O–H groups in total. The van der Waals surface area contributed by atoms with Crippen molar-refractivity contribution in [2.45, 2.75) is 132 Å². The lowest BCUT2D eigenvalue weighted by Gasteiger charge is -2.73. The molecular formula is C30H52O. The molecule has 5 aliphatic carbocycles. The van der Waals surface area contributed by atoms with Gasteiger partial charge in [0.1, 0.15) is 0 Å². The van der Waals surface area contributed by atoms with Crippen LogP contribution in [0.1, 0.15) is 126 Å². The lowest BCUT2D eigenvalue weighted by molar-refractivity contribution is -0.243. The largest absolute Gasteiger partial charge is 0.390 e. The van der Waals surface area contributed by atoms with Gasteiger partial charge in [0, 0.05) is 0 Å². The molecule has 0 unspecified atom stereocenters. The maximum absolute atomic E-state index is 11.0. The fourth-order valence-electron chi connectivity index (χ4n) is 12.1. The molecule has 0 heterocycles. The standard InChI is InChI=1S/C30H52O/c1-25(2)15-9-16-28(6)22(25)14-19-30(8)24(28)11-10-23-27(5)17-12-20(26(3,4)31)21(27)13-18-29(23,30)7/h20-24,31H,9-19H2,1-8H3/t20-,21+,22-,23+,24-,27+,28+,29-,30-/m1/s1. The van der Waals surface area contributed by atoms with Crippen molar-refractivity contribution in [3.8, 4) is 0 Å². The fraction of sp³-hybridized carbons (Fsp3) is 1.00. The van der Waals surface area contributed by atoms with E-state index >= 15 is 0 Å². The van der Waals surface area contributed by atoms with E-state index in [1.807, 2.05) is 0 Å². The van der Waals surface area contributed by atoms with Crippen LogP contribution in [0.4, 0.5) is 0 Å². The molecule has 0 bridgehead atoms. The van der Waals surface area contributed by atoms with Gasteiger partial charge in [-0.2, -0.15) is 0 Å². The van der Waals surface area contributed by atoms with Crippen LogP contribution in [0, 0.1) is 56.7 Å². The van der Waals surface area contributed by atoms with Crippen LogP contribution in [0.3, 0.4) is 0 Å². The Morgan fingerprint density at radius 3 is 1.81 bits per heavy atom. The van der Waals surface area contributed by atoms with Gasteiger partial charge in [0.25, 0.3) is 0 Å². The molecule has 0 aromatic carbocycles. The van der Waals surface area contributed by atoms with Crippen molar-refractivity contribution in [3.05, 3.63) is 0 Å². The van der Waals surface area contributed by atoms with Crippen LogP contribution >= 0.6 is 0 Å². The molecule has 1 heteroatoms. The minimum absolute atomic E-state index is 0.440. The number of hydrogen-bond donors (Lipinski definition) is 1. The Kier molecular flexibility index (Phi) is 4.80. The summed E-state index contributed by atoms with van der Waals surface area (Å²) in [5, 5.41) is 11.0. The van der Waals surface area contributed by atoms with E-state index in [0.717, 1.165) is 23.7 Å². The summed E-state index contributed by atoms with van der Waals surface area (Å²) in [5.74, 6) is 3.91. The topological polar surface area (TPSA) is 20.2 Å². The fourth-order valence-corrected chi connectivity index (χ4v) is 12.1. The zero-order valence-electron chi connectivity index (χ0n) is 22.1. The smallest absolute Gasteiger partial charge is 0.0622 e. The highest BCUT2D eigenvalue weighted by atomic mass is 16.3. The lowest BCUT2D eigenvalue weighted by atomic mass is 9.32. The van der Waals surface area contributed by atoms with Crippen molar-refractivity contribution in [2.24, 2.45) is 56.7 Å². The maximum atomic E-state index is 11.0. The van der Waals surface area contributed by atoms with Gasteiger partial charge in [0.2, 0.25) is 0 Å². The zero-order valence-corrected chi connectivity index (χ0v) is 22.1. The summed E-state index contributed by atoms with van der Waals surface area (Å²) in [7, 11) is 0. The molecule has 0 aliphatic heterocycles. The molecule has 1 nitrogen and oxygen atoms in total. The van der Waals surface area contributed by atoms with E-state index < -0.39 is 5.60 Å². The van der Waals surface area contributed by atoms with Gasteiger partial charge in [-0.15, -0.1) is 0 Å². The molecule has 0 aromatic heterocycles. The van der Waals surface area contributed by atoms with E-state index in [1.54, 1.807) is 0 Å². The minimum atomic E-state index is -0.517. The quantitative estimate of drug-likeness (QED) is 0.445. The Morgan fingerprint density at radius 2 is 1.19 bits per heavy atom. The first-order chi connectivity index (χ1) is 14.2. The second-order valence-corrected chi connectivity index (χ2v) is 15.4. The number of aliphatic hydroxyl groups is 1. The molecule has 0 aromatic rings. The molecule has 5 fully saturated rings. The van der Waals surface area contributed by atoms with E-state index in [4.69, 9.17) is 0 Å². The third-order valence-electron chi connectivity index (χ3n) is 13.6. The Morgan fingerprint density at radius 1 is 0.613 bits per heavy atom. The lowest BCUT2D eigenvalue weighted by Crippen LogP contribution is -2.66. The Balaban J connectivity index is 1.52. The third kappa shape index (κ3) is 2.77. The first-order valence-corrected chi connectivity index (χ1v) is 13.9. The minimum Gasteiger partial charge on any atom is -0.390 e. The molecule has 5 rings (SSSR count). The van der Waals surface area contributed by atoms with Crippen molar-refractivity contribution in [2.75, 3.05) is 0 Å². The molecule has 5 aliphatic rings. The van der Waals surface area contributed by atoms with E-state index in [2.05, 4.69) is 55.4 Å². The molecule has 0 amide bonds. The first kappa shape index (κ1) is 22.7. The molecule has 0 saturated heterocycles. The van der Waals surface area contributed by atoms with Crippen LogP contribution in [0.15, 0.2) is 0 Å². The predicted octanol–water partition coefficient (Wildman–Crippen LogP) is 8.25. The predicted molar refractivity (Wildman–Crippen MR) is 131 cm³/mol. The maximum Gasteiger partial charge on any atom is 0.0622 e. The SMILES string of the molecule is CC(C)(O)[C@@H]1CC[C@@]2(C)[C@H]1CC[C@]1(C)[C@H]2CC[C@@H]2[C@@]3(C)CCCC(C)(C)[C@H]3CC[C@]21C. The van der Waals surface area contributed by atoms with E-state index in [-0.39, 0.29) is 0 Å². The highest BCUT2D eigenvalue weighted by Gasteiger charge is 2.70. The van der Waals surface area contributed by atoms with Gasteiger partial charge in [-0.05, 0) is 135 Å². The summed E-state index contributed by atoms with van der Waals surface area (Å²) in [6, 6.07) is 0. The highest BCUT2D eigenvalue weighted by molar-refractivity contribution is 5.19.